The van der Waals surface area contributed by atoms with Gasteiger partial charge in [0.1, 0.15) is 0 Å². The molecule has 2 N–H and O–H groups in total. The second-order valence-electron chi connectivity index (χ2n) is 4.53. The molecule has 1 unspecified atom stereocenters. The summed E-state index contributed by atoms with van der Waals surface area (Å²) in [4.78, 5) is 11.9. The van der Waals surface area contributed by atoms with Gasteiger partial charge in [-0.05, 0) is 43.7 Å². The Morgan fingerprint density at radius 1 is 1.32 bits per heavy atom. The van der Waals surface area contributed by atoms with Crippen LogP contribution in [0.5, 0.6) is 0 Å². The van der Waals surface area contributed by atoms with E-state index in [9.17, 15) is 4.79 Å². The lowest BCUT2D eigenvalue weighted by Gasteiger charge is -2.08. The summed E-state index contributed by atoms with van der Waals surface area (Å²) < 4.78 is 1.95. The maximum Gasteiger partial charge on any atom is 0.251 e. The molecular weight excluding hydrogens is 240 g/mol. The summed E-state index contributed by atoms with van der Waals surface area (Å²) in [7, 11) is 0. The van der Waals surface area contributed by atoms with Crippen LogP contribution in [-0.4, -0.2) is 28.2 Å². The van der Waals surface area contributed by atoms with Gasteiger partial charge in [-0.3, -0.25) is 4.79 Å². The fraction of sp³-hybridized carbons (Fsp3) is 0.267. The molecule has 2 rings (SSSR count). The van der Waals surface area contributed by atoms with E-state index in [2.05, 4.69) is 5.32 Å². The number of aliphatic hydroxyl groups is 1. The second-order valence-corrected chi connectivity index (χ2v) is 4.53. The predicted molar refractivity (Wildman–Crippen MR) is 74.4 cm³/mol. The zero-order valence-corrected chi connectivity index (χ0v) is 10.9. The van der Waals surface area contributed by atoms with Crippen molar-refractivity contribution in [2.45, 2.75) is 19.4 Å². The van der Waals surface area contributed by atoms with Gasteiger partial charge in [-0.1, -0.05) is 6.07 Å². The summed E-state index contributed by atoms with van der Waals surface area (Å²) >= 11 is 0. The Hall–Kier alpha value is -2.07. The molecule has 0 saturated heterocycles. The molecule has 0 aliphatic heterocycles. The van der Waals surface area contributed by atoms with E-state index in [1.54, 1.807) is 13.0 Å². The highest BCUT2D eigenvalue weighted by atomic mass is 16.3. The predicted octanol–water partition coefficient (Wildman–Crippen LogP) is 1.98. The van der Waals surface area contributed by atoms with Gasteiger partial charge in [0, 0.05) is 30.2 Å². The van der Waals surface area contributed by atoms with Crippen molar-refractivity contribution in [3.05, 3.63) is 54.4 Å². The smallest absolute Gasteiger partial charge is 0.251 e. The first-order valence-corrected chi connectivity index (χ1v) is 6.36. The molecule has 1 heterocycles. The summed E-state index contributed by atoms with van der Waals surface area (Å²) in [6.07, 6.45) is 4.03. The first kappa shape index (κ1) is 13.4. The van der Waals surface area contributed by atoms with E-state index in [-0.39, 0.29) is 5.91 Å². The summed E-state index contributed by atoms with van der Waals surface area (Å²) in [5, 5.41) is 11.9. The standard InChI is InChI=1S/C15H18N2O2/c1-12(18)7-8-16-15(19)13-5-4-6-14(11-13)17-9-2-3-10-17/h2-6,9-12,18H,7-8H2,1H3,(H,16,19). The maximum absolute atomic E-state index is 11.9. The van der Waals surface area contributed by atoms with Crippen molar-refractivity contribution in [2.75, 3.05) is 6.54 Å². The Kier molecular flexibility index (Phi) is 4.36. The number of aliphatic hydroxyl groups excluding tert-OH is 1. The molecule has 0 aliphatic rings. The van der Waals surface area contributed by atoms with Crippen LogP contribution in [0.4, 0.5) is 0 Å². The third-order valence-corrected chi connectivity index (χ3v) is 2.86. The lowest BCUT2D eigenvalue weighted by atomic mass is 10.2. The summed E-state index contributed by atoms with van der Waals surface area (Å²) in [6, 6.07) is 11.3. The third kappa shape index (κ3) is 3.69. The van der Waals surface area contributed by atoms with E-state index in [4.69, 9.17) is 5.11 Å². The third-order valence-electron chi connectivity index (χ3n) is 2.86. The number of hydrogen-bond acceptors (Lipinski definition) is 2. The summed E-state index contributed by atoms with van der Waals surface area (Å²) in [5.41, 5.74) is 1.57. The van der Waals surface area contributed by atoms with Crippen molar-refractivity contribution in [3.8, 4) is 5.69 Å². The number of rotatable bonds is 5. The van der Waals surface area contributed by atoms with Crippen LogP contribution >= 0.6 is 0 Å². The number of benzene rings is 1. The second kappa shape index (κ2) is 6.20. The average Bonchev–Trinajstić information content (AvgIpc) is 2.92. The zero-order valence-electron chi connectivity index (χ0n) is 10.9. The number of carbonyl (C=O) groups excluding carboxylic acids is 1. The Balaban J connectivity index is 2.04. The van der Waals surface area contributed by atoms with Gasteiger partial charge in [0.15, 0.2) is 0 Å². The molecule has 1 aromatic carbocycles. The number of hydrogen-bond donors (Lipinski definition) is 2. The van der Waals surface area contributed by atoms with Gasteiger partial charge < -0.3 is 15.0 Å². The first-order valence-electron chi connectivity index (χ1n) is 6.36. The minimum Gasteiger partial charge on any atom is -0.393 e. The van der Waals surface area contributed by atoms with Crippen LogP contribution in [-0.2, 0) is 0 Å². The van der Waals surface area contributed by atoms with Crippen molar-refractivity contribution >= 4 is 5.91 Å². The van der Waals surface area contributed by atoms with Crippen molar-refractivity contribution in [2.24, 2.45) is 0 Å². The van der Waals surface area contributed by atoms with Crippen LogP contribution in [0.3, 0.4) is 0 Å². The average molecular weight is 258 g/mol. The number of nitrogens with one attached hydrogen (secondary N) is 1. The van der Waals surface area contributed by atoms with E-state index >= 15 is 0 Å². The van der Waals surface area contributed by atoms with Crippen molar-refractivity contribution in [1.29, 1.82) is 0 Å². The van der Waals surface area contributed by atoms with Crippen LogP contribution in [0, 0.1) is 0 Å². The van der Waals surface area contributed by atoms with Crippen LogP contribution in [0.1, 0.15) is 23.7 Å². The van der Waals surface area contributed by atoms with E-state index in [0.717, 1.165) is 5.69 Å². The molecule has 4 nitrogen and oxygen atoms in total. The topological polar surface area (TPSA) is 54.3 Å². The molecule has 0 spiro atoms. The molecule has 1 aromatic heterocycles. The zero-order chi connectivity index (χ0) is 13.7. The quantitative estimate of drug-likeness (QED) is 0.861. The minimum atomic E-state index is -0.397. The van der Waals surface area contributed by atoms with Crippen molar-refractivity contribution in [3.63, 3.8) is 0 Å². The van der Waals surface area contributed by atoms with Crippen LogP contribution in [0.2, 0.25) is 0 Å². The van der Waals surface area contributed by atoms with E-state index in [0.29, 0.717) is 18.5 Å². The van der Waals surface area contributed by atoms with Gasteiger partial charge in [-0.15, -0.1) is 0 Å². The molecule has 0 bridgehead atoms. The fourth-order valence-electron chi connectivity index (χ4n) is 1.81. The van der Waals surface area contributed by atoms with Crippen LogP contribution < -0.4 is 5.32 Å². The normalized spacial score (nSPS) is 12.1. The number of nitrogens with zero attached hydrogens (tertiary/aromatic N) is 1. The number of aromatic nitrogens is 1. The van der Waals surface area contributed by atoms with Crippen molar-refractivity contribution in [1.82, 2.24) is 9.88 Å². The summed E-state index contributed by atoms with van der Waals surface area (Å²) in [6.45, 7) is 2.18. The van der Waals surface area contributed by atoms with Gasteiger partial charge in [-0.2, -0.15) is 0 Å². The van der Waals surface area contributed by atoms with Gasteiger partial charge >= 0.3 is 0 Å². The first-order chi connectivity index (χ1) is 9.16. The Morgan fingerprint density at radius 3 is 2.74 bits per heavy atom. The highest BCUT2D eigenvalue weighted by Crippen LogP contribution is 2.10. The van der Waals surface area contributed by atoms with E-state index < -0.39 is 6.10 Å². The molecule has 0 radical (unpaired) electrons. The summed E-state index contributed by atoms with van der Waals surface area (Å²) in [5.74, 6) is -0.116. The molecular formula is C15H18N2O2. The Bertz CT molecular complexity index is 533. The van der Waals surface area contributed by atoms with Crippen LogP contribution in [0.25, 0.3) is 5.69 Å². The minimum absolute atomic E-state index is 0.116. The van der Waals surface area contributed by atoms with Crippen LogP contribution in [0.15, 0.2) is 48.8 Å². The van der Waals surface area contributed by atoms with Gasteiger partial charge in [-0.25, -0.2) is 0 Å². The lowest BCUT2D eigenvalue weighted by Crippen LogP contribution is -2.26. The van der Waals surface area contributed by atoms with Gasteiger partial charge in [0.25, 0.3) is 5.91 Å². The monoisotopic (exact) mass is 258 g/mol. The number of amides is 1. The molecule has 2 aromatic rings. The molecule has 0 fully saturated rings. The van der Waals surface area contributed by atoms with E-state index in [1.807, 2.05) is 47.3 Å². The molecule has 100 valence electrons. The highest BCUT2D eigenvalue weighted by Gasteiger charge is 2.06. The molecule has 4 heteroatoms. The maximum atomic E-state index is 11.9. The largest absolute Gasteiger partial charge is 0.393 e. The number of carbonyl (C=O) groups is 1. The molecule has 1 atom stereocenters. The van der Waals surface area contributed by atoms with Crippen molar-refractivity contribution < 1.29 is 9.90 Å². The molecule has 0 saturated carbocycles. The Labute approximate surface area is 112 Å². The molecule has 1 amide bonds. The molecule has 19 heavy (non-hydrogen) atoms. The SMILES string of the molecule is CC(O)CCNC(=O)c1cccc(-n2cccc2)c1. The van der Waals surface area contributed by atoms with Gasteiger partial charge in [0.2, 0.25) is 0 Å². The Morgan fingerprint density at radius 2 is 2.05 bits per heavy atom. The van der Waals surface area contributed by atoms with E-state index in [1.165, 1.54) is 0 Å². The lowest BCUT2D eigenvalue weighted by molar-refractivity contribution is 0.0945. The fourth-order valence-corrected chi connectivity index (χ4v) is 1.81. The van der Waals surface area contributed by atoms with Gasteiger partial charge in [0.05, 0.1) is 6.10 Å². The highest BCUT2D eigenvalue weighted by molar-refractivity contribution is 5.94. The molecule has 0 aliphatic carbocycles.